The number of rotatable bonds is 7. The molecule has 2 heterocycles. The van der Waals surface area contributed by atoms with Gasteiger partial charge in [-0.15, -0.1) is 0 Å². The highest BCUT2D eigenvalue weighted by Gasteiger charge is 2.33. The Balaban J connectivity index is 1.78. The number of carbonyl (C=O) groups excluding carboxylic acids is 1. The average molecular weight is 413 g/mol. The van der Waals surface area contributed by atoms with Crippen molar-refractivity contribution in [3.63, 3.8) is 0 Å². The maximum atomic E-state index is 13.4. The van der Waals surface area contributed by atoms with E-state index >= 15 is 0 Å². The summed E-state index contributed by atoms with van der Waals surface area (Å²) >= 11 is 0. The summed E-state index contributed by atoms with van der Waals surface area (Å²) in [6.07, 6.45) is 2.03. The number of aromatic nitrogens is 1. The van der Waals surface area contributed by atoms with E-state index in [0.29, 0.717) is 35.9 Å². The van der Waals surface area contributed by atoms with Crippen LogP contribution in [0, 0.1) is 11.8 Å². The summed E-state index contributed by atoms with van der Waals surface area (Å²) < 4.78 is 5.54. The smallest absolute Gasteiger partial charge is 0.276 e. The van der Waals surface area contributed by atoms with Gasteiger partial charge in [-0.05, 0) is 48.9 Å². The minimum atomic E-state index is -0.0317. The van der Waals surface area contributed by atoms with Gasteiger partial charge in [-0.2, -0.15) is 0 Å². The summed E-state index contributed by atoms with van der Waals surface area (Å²) in [6.45, 7) is 10.4. The Morgan fingerprint density at radius 2 is 1.83 bits per heavy atom. The average Bonchev–Trinajstić information content (AvgIpc) is 3.18. The minimum absolute atomic E-state index is 0.0317. The molecular weight excluding hydrogens is 376 g/mol. The van der Waals surface area contributed by atoms with Gasteiger partial charge in [0, 0.05) is 56.6 Å². The predicted molar refractivity (Wildman–Crippen MR) is 122 cm³/mol. The number of anilines is 1. The maximum absolute atomic E-state index is 13.4. The van der Waals surface area contributed by atoms with Crippen LogP contribution in [-0.4, -0.2) is 55.2 Å². The largest absolute Gasteiger partial charge is 0.378 e. The molecule has 1 aromatic heterocycles. The molecule has 1 aliphatic rings. The van der Waals surface area contributed by atoms with Crippen LogP contribution in [0.25, 0.3) is 11.3 Å². The number of amides is 1. The van der Waals surface area contributed by atoms with Gasteiger partial charge in [-0.1, -0.05) is 32.9 Å². The number of piperazine rings is 1. The molecule has 1 aliphatic heterocycles. The highest BCUT2D eigenvalue weighted by molar-refractivity contribution is 5.93. The van der Waals surface area contributed by atoms with Crippen LogP contribution in [0.5, 0.6) is 0 Å². The first-order valence-corrected chi connectivity index (χ1v) is 11.0. The number of carbonyl (C=O) groups is 1. The van der Waals surface area contributed by atoms with Crippen molar-refractivity contribution >= 4 is 11.6 Å². The summed E-state index contributed by atoms with van der Waals surface area (Å²) in [5.41, 5.74) is 2.42. The molecule has 0 unspecified atom stereocenters. The van der Waals surface area contributed by atoms with E-state index in [9.17, 15) is 4.79 Å². The molecule has 0 radical (unpaired) electrons. The molecule has 6 heteroatoms. The van der Waals surface area contributed by atoms with Crippen molar-refractivity contribution in [3.05, 3.63) is 36.0 Å². The van der Waals surface area contributed by atoms with Gasteiger partial charge in [0.1, 0.15) is 0 Å². The van der Waals surface area contributed by atoms with Crippen LogP contribution in [0.3, 0.4) is 0 Å². The van der Waals surface area contributed by atoms with Crippen LogP contribution in [0.4, 0.5) is 5.69 Å². The van der Waals surface area contributed by atoms with E-state index in [1.165, 1.54) is 0 Å². The van der Waals surface area contributed by atoms with E-state index in [-0.39, 0.29) is 11.9 Å². The van der Waals surface area contributed by atoms with Crippen molar-refractivity contribution in [2.75, 3.05) is 32.1 Å². The van der Waals surface area contributed by atoms with Crippen LogP contribution in [0.1, 0.15) is 51.0 Å². The Hall–Kier alpha value is -2.34. The maximum Gasteiger partial charge on any atom is 0.276 e. The number of benzene rings is 1. The lowest BCUT2D eigenvalue weighted by Crippen LogP contribution is -2.58. The number of hydrogen-bond donors (Lipinski definition) is 1. The van der Waals surface area contributed by atoms with Gasteiger partial charge < -0.3 is 19.6 Å². The highest BCUT2D eigenvalue weighted by atomic mass is 16.5. The molecule has 30 heavy (non-hydrogen) atoms. The molecule has 1 amide bonds. The first kappa shape index (κ1) is 22.3. The van der Waals surface area contributed by atoms with Crippen LogP contribution < -0.4 is 10.2 Å². The molecule has 0 aliphatic carbocycles. The van der Waals surface area contributed by atoms with E-state index in [1.54, 1.807) is 6.07 Å². The van der Waals surface area contributed by atoms with Crippen molar-refractivity contribution in [2.24, 2.45) is 11.8 Å². The molecular formula is C24H36N4O2. The molecule has 0 spiro atoms. The summed E-state index contributed by atoms with van der Waals surface area (Å²) in [6, 6.07) is 10.3. The Kier molecular flexibility index (Phi) is 7.19. The Morgan fingerprint density at radius 1 is 1.17 bits per heavy atom. The summed E-state index contributed by atoms with van der Waals surface area (Å²) in [7, 11) is 4.02. The lowest BCUT2D eigenvalue weighted by molar-refractivity contribution is 0.0529. The fourth-order valence-corrected chi connectivity index (χ4v) is 4.18. The standard InChI is InChI=1S/C24H36N4O2/c1-16(2)11-19-15-28(21(14-25-19)12-17(3)4)24(29)22-13-23(30-26-22)18-7-9-20(10-8-18)27(5)6/h7-10,13,16-17,19,21,25H,11-12,14-15H2,1-6H3/t19-,21-/m0/s1. The van der Waals surface area contributed by atoms with E-state index in [1.807, 2.05) is 48.2 Å². The topological polar surface area (TPSA) is 61.6 Å². The zero-order valence-electron chi connectivity index (χ0n) is 19.2. The lowest BCUT2D eigenvalue weighted by atomic mass is 9.95. The summed E-state index contributed by atoms with van der Waals surface area (Å²) in [5, 5.41) is 7.77. The first-order chi connectivity index (χ1) is 14.2. The molecule has 164 valence electrons. The monoisotopic (exact) mass is 412 g/mol. The predicted octanol–water partition coefficient (Wildman–Crippen LogP) is 4.28. The molecule has 2 aromatic rings. The van der Waals surface area contributed by atoms with E-state index in [0.717, 1.165) is 30.6 Å². The second kappa shape index (κ2) is 9.65. The molecule has 3 rings (SSSR count). The van der Waals surface area contributed by atoms with Gasteiger partial charge in [-0.3, -0.25) is 4.79 Å². The molecule has 1 aromatic carbocycles. The molecule has 0 saturated carbocycles. The van der Waals surface area contributed by atoms with Gasteiger partial charge in [0.15, 0.2) is 11.5 Å². The summed E-state index contributed by atoms with van der Waals surface area (Å²) in [4.78, 5) is 17.4. The Bertz CT molecular complexity index is 826. The second-order valence-corrected chi connectivity index (χ2v) is 9.49. The Labute approximate surface area is 180 Å². The van der Waals surface area contributed by atoms with Crippen LogP contribution in [0.2, 0.25) is 0 Å². The summed E-state index contributed by atoms with van der Waals surface area (Å²) in [5.74, 6) is 1.70. The van der Waals surface area contributed by atoms with E-state index in [2.05, 4.69) is 38.2 Å². The molecule has 2 atom stereocenters. The van der Waals surface area contributed by atoms with Crippen molar-refractivity contribution in [1.29, 1.82) is 0 Å². The van der Waals surface area contributed by atoms with Crippen LogP contribution >= 0.6 is 0 Å². The highest BCUT2D eigenvalue weighted by Crippen LogP contribution is 2.25. The number of hydrogen-bond acceptors (Lipinski definition) is 5. The van der Waals surface area contributed by atoms with Gasteiger partial charge >= 0.3 is 0 Å². The van der Waals surface area contributed by atoms with Crippen LogP contribution in [0.15, 0.2) is 34.9 Å². The second-order valence-electron chi connectivity index (χ2n) is 9.49. The molecule has 1 fully saturated rings. The van der Waals surface area contributed by atoms with Gasteiger partial charge in [0.2, 0.25) is 0 Å². The SMILES string of the molecule is CC(C)C[C@H]1CN(C(=O)c2cc(-c3ccc(N(C)C)cc3)on2)[C@@H](CC(C)C)CN1. The third-order valence-corrected chi connectivity index (χ3v) is 5.66. The van der Waals surface area contributed by atoms with E-state index in [4.69, 9.17) is 4.52 Å². The fraction of sp³-hybridized carbons (Fsp3) is 0.583. The lowest BCUT2D eigenvalue weighted by Gasteiger charge is -2.41. The first-order valence-electron chi connectivity index (χ1n) is 11.0. The molecule has 6 nitrogen and oxygen atoms in total. The molecule has 0 bridgehead atoms. The zero-order valence-corrected chi connectivity index (χ0v) is 19.2. The number of nitrogens with one attached hydrogen (secondary N) is 1. The third kappa shape index (κ3) is 5.42. The minimum Gasteiger partial charge on any atom is -0.378 e. The van der Waals surface area contributed by atoms with Crippen molar-refractivity contribution in [2.45, 2.75) is 52.6 Å². The van der Waals surface area contributed by atoms with Gasteiger partial charge in [0.05, 0.1) is 0 Å². The van der Waals surface area contributed by atoms with Gasteiger partial charge in [0.25, 0.3) is 5.91 Å². The quantitative estimate of drug-likeness (QED) is 0.735. The van der Waals surface area contributed by atoms with E-state index < -0.39 is 0 Å². The van der Waals surface area contributed by atoms with Crippen molar-refractivity contribution in [1.82, 2.24) is 15.4 Å². The normalized spacial score (nSPS) is 19.5. The molecule has 1 N–H and O–H groups in total. The zero-order chi connectivity index (χ0) is 21.8. The van der Waals surface area contributed by atoms with Crippen molar-refractivity contribution in [3.8, 4) is 11.3 Å². The fourth-order valence-electron chi connectivity index (χ4n) is 4.18. The van der Waals surface area contributed by atoms with Gasteiger partial charge in [-0.25, -0.2) is 0 Å². The Morgan fingerprint density at radius 3 is 2.43 bits per heavy atom. The number of nitrogens with zero attached hydrogens (tertiary/aromatic N) is 3. The molecule has 1 saturated heterocycles. The van der Waals surface area contributed by atoms with Crippen LogP contribution in [-0.2, 0) is 0 Å². The third-order valence-electron chi connectivity index (χ3n) is 5.66. The van der Waals surface area contributed by atoms with Crippen molar-refractivity contribution < 1.29 is 9.32 Å².